The van der Waals surface area contributed by atoms with E-state index in [0.717, 1.165) is 48.8 Å². The highest BCUT2D eigenvalue weighted by Crippen LogP contribution is 2.39. The highest BCUT2D eigenvalue weighted by molar-refractivity contribution is 9.10. The average molecular weight is 488 g/mol. The summed E-state index contributed by atoms with van der Waals surface area (Å²) in [6.07, 6.45) is 6.12. The number of allylic oxidation sites excluding steroid dienone is 1. The fourth-order valence-corrected chi connectivity index (χ4v) is 4.20. The lowest BCUT2D eigenvalue weighted by molar-refractivity contribution is -0.914. The van der Waals surface area contributed by atoms with E-state index < -0.39 is 0 Å². The molecule has 1 heterocycles. The van der Waals surface area contributed by atoms with Crippen molar-refractivity contribution in [1.29, 1.82) is 0 Å². The van der Waals surface area contributed by atoms with E-state index in [1.54, 1.807) is 19.3 Å². The lowest BCUT2D eigenvalue weighted by Gasteiger charge is -2.23. The first-order valence-corrected chi connectivity index (χ1v) is 11.7. The number of fused-ring (bicyclic) bond motifs is 1. The minimum Gasteiger partial charge on any atom is -0.872 e. The molecule has 2 aromatic rings. The Hall–Kier alpha value is -2.31. The average Bonchev–Trinajstić information content (AvgIpc) is 3.07. The molecule has 1 aliphatic rings. The van der Waals surface area contributed by atoms with Crippen LogP contribution in [0.15, 0.2) is 40.6 Å². The van der Waals surface area contributed by atoms with Crippen LogP contribution in [0.25, 0.3) is 6.08 Å². The molecule has 0 unspecified atom stereocenters. The standard InChI is InChI=1S/C25H30BrNO4/c1-4-6-12-27(13-7-5-2)16-20-21(28)10-9-19-24(29)23(31-25(19)20)15-17-14-18(26)8-11-22(17)30-3/h8-11,14-15,28H,4-7,12-13,16H2,1-3H3/b23-15-. The van der Waals surface area contributed by atoms with Crippen molar-refractivity contribution < 1.29 is 24.3 Å². The second kappa shape index (κ2) is 10.8. The Kier molecular flexibility index (Phi) is 8.15. The summed E-state index contributed by atoms with van der Waals surface area (Å²) in [5.41, 5.74) is 1.79. The van der Waals surface area contributed by atoms with Gasteiger partial charge in [0, 0.05) is 15.6 Å². The maximum absolute atomic E-state index is 13.0. The van der Waals surface area contributed by atoms with Crippen LogP contribution in [0.4, 0.5) is 0 Å². The number of halogens is 1. The monoisotopic (exact) mass is 487 g/mol. The molecule has 166 valence electrons. The molecule has 31 heavy (non-hydrogen) atoms. The van der Waals surface area contributed by atoms with Crippen LogP contribution in [-0.2, 0) is 6.54 Å². The van der Waals surface area contributed by atoms with Crippen molar-refractivity contribution >= 4 is 27.8 Å². The zero-order valence-electron chi connectivity index (χ0n) is 18.4. The second-order valence-corrected chi connectivity index (χ2v) is 8.79. The summed E-state index contributed by atoms with van der Waals surface area (Å²) in [5, 5.41) is 12.7. The van der Waals surface area contributed by atoms with Crippen molar-refractivity contribution in [1.82, 2.24) is 0 Å². The summed E-state index contributed by atoms with van der Waals surface area (Å²) in [7, 11) is 1.59. The molecule has 1 N–H and O–H groups in total. The van der Waals surface area contributed by atoms with Crippen molar-refractivity contribution in [3.63, 3.8) is 0 Å². The van der Waals surface area contributed by atoms with Gasteiger partial charge in [0.1, 0.15) is 18.0 Å². The maximum atomic E-state index is 13.0. The fraction of sp³-hybridized carbons (Fsp3) is 0.400. The van der Waals surface area contributed by atoms with Crippen LogP contribution in [0.2, 0.25) is 0 Å². The number of hydrogen-bond acceptors (Lipinski definition) is 4. The quantitative estimate of drug-likeness (QED) is 0.511. The van der Waals surface area contributed by atoms with Crippen molar-refractivity contribution in [2.75, 3.05) is 20.2 Å². The zero-order chi connectivity index (χ0) is 22.4. The number of rotatable bonds is 10. The van der Waals surface area contributed by atoms with Crippen LogP contribution in [0.3, 0.4) is 0 Å². The molecule has 0 radical (unpaired) electrons. The van der Waals surface area contributed by atoms with Crippen LogP contribution < -0.4 is 19.5 Å². The summed E-state index contributed by atoms with van der Waals surface area (Å²) in [5.74, 6) is 0.993. The Morgan fingerprint density at radius 2 is 1.84 bits per heavy atom. The van der Waals surface area contributed by atoms with Crippen molar-refractivity contribution in [3.8, 4) is 17.2 Å². The van der Waals surface area contributed by atoms with Crippen LogP contribution in [0.5, 0.6) is 17.2 Å². The summed E-state index contributed by atoms with van der Waals surface area (Å²) in [6, 6.07) is 8.65. The Morgan fingerprint density at radius 1 is 1.13 bits per heavy atom. The van der Waals surface area contributed by atoms with Crippen molar-refractivity contribution in [3.05, 3.63) is 57.3 Å². The molecule has 0 bridgehead atoms. The number of carbonyl (C=O) groups excluding carboxylic acids is 1. The number of quaternary nitrogens is 1. The minimum atomic E-state index is -0.207. The van der Waals surface area contributed by atoms with Crippen molar-refractivity contribution in [2.45, 2.75) is 46.1 Å². The molecule has 0 saturated heterocycles. The van der Waals surface area contributed by atoms with E-state index in [2.05, 4.69) is 29.8 Å². The number of unbranched alkanes of at least 4 members (excludes halogenated alkanes) is 2. The van der Waals surface area contributed by atoms with Crippen LogP contribution >= 0.6 is 15.9 Å². The number of hydrogen-bond donors (Lipinski definition) is 1. The van der Waals surface area contributed by atoms with Crippen molar-refractivity contribution in [2.24, 2.45) is 0 Å². The van der Waals surface area contributed by atoms with Gasteiger partial charge in [0.2, 0.25) is 5.78 Å². The van der Waals surface area contributed by atoms with Gasteiger partial charge in [-0.05, 0) is 43.2 Å². The van der Waals surface area contributed by atoms with E-state index >= 15 is 0 Å². The van der Waals surface area contributed by atoms with Gasteiger partial charge in [0.15, 0.2) is 5.76 Å². The molecule has 0 fully saturated rings. The molecule has 0 amide bonds. The van der Waals surface area contributed by atoms with Gasteiger partial charge in [-0.2, -0.15) is 0 Å². The Labute approximate surface area is 192 Å². The van der Waals surface area contributed by atoms with Crippen LogP contribution in [-0.4, -0.2) is 26.0 Å². The Balaban J connectivity index is 1.93. The zero-order valence-corrected chi connectivity index (χ0v) is 20.0. The van der Waals surface area contributed by atoms with E-state index in [-0.39, 0.29) is 17.3 Å². The van der Waals surface area contributed by atoms with E-state index in [9.17, 15) is 9.90 Å². The molecule has 0 aliphatic carbocycles. The number of carbonyl (C=O) groups is 1. The molecule has 0 atom stereocenters. The van der Waals surface area contributed by atoms with E-state index in [0.29, 0.717) is 29.2 Å². The van der Waals surface area contributed by atoms with E-state index in [1.165, 1.54) is 11.0 Å². The number of methoxy groups -OCH3 is 1. The predicted molar refractivity (Wildman–Crippen MR) is 124 cm³/mol. The molecular formula is C25H30BrNO4. The molecule has 1 aliphatic heterocycles. The third-order valence-corrected chi connectivity index (χ3v) is 6.06. The smallest absolute Gasteiger partial charge is 0.231 e. The van der Waals surface area contributed by atoms with Crippen LogP contribution in [0.1, 0.15) is 61.0 Å². The number of Topliss-reactive ketones (excluding diaryl/α,β-unsaturated/α-hetero) is 1. The largest absolute Gasteiger partial charge is 0.872 e. The number of ether oxygens (including phenoxy) is 2. The van der Waals surface area contributed by atoms with E-state index in [4.69, 9.17) is 9.47 Å². The summed E-state index contributed by atoms with van der Waals surface area (Å²) in [4.78, 5) is 14.4. The highest BCUT2D eigenvalue weighted by Gasteiger charge is 2.31. The molecular weight excluding hydrogens is 458 g/mol. The van der Waals surface area contributed by atoms with Gasteiger partial charge in [-0.3, -0.25) is 4.79 Å². The van der Waals surface area contributed by atoms with Gasteiger partial charge < -0.3 is 19.5 Å². The lowest BCUT2D eigenvalue weighted by atomic mass is 10.0. The van der Waals surface area contributed by atoms with Gasteiger partial charge in [0.05, 0.1) is 25.8 Å². The topological polar surface area (TPSA) is 63.0 Å². The summed E-state index contributed by atoms with van der Waals surface area (Å²) < 4.78 is 12.3. The molecule has 3 rings (SSSR count). The number of ketones is 1. The number of benzene rings is 2. The summed E-state index contributed by atoms with van der Waals surface area (Å²) >= 11 is 3.45. The first-order chi connectivity index (χ1) is 15.0. The first kappa shape index (κ1) is 23.4. The van der Waals surface area contributed by atoms with Gasteiger partial charge in [-0.15, -0.1) is 0 Å². The Bertz CT molecular complexity index is 962. The van der Waals surface area contributed by atoms with Gasteiger partial charge in [0.25, 0.3) is 0 Å². The Morgan fingerprint density at radius 3 is 2.48 bits per heavy atom. The molecule has 2 aromatic carbocycles. The first-order valence-electron chi connectivity index (χ1n) is 10.9. The van der Waals surface area contributed by atoms with Gasteiger partial charge in [-0.1, -0.05) is 54.4 Å². The lowest BCUT2D eigenvalue weighted by Crippen LogP contribution is -3.10. The van der Waals surface area contributed by atoms with Crippen LogP contribution in [0, 0.1) is 0 Å². The van der Waals surface area contributed by atoms with Gasteiger partial charge >= 0.3 is 0 Å². The predicted octanol–water partition coefficient (Wildman–Crippen LogP) is 4.13. The minimum absolute atomic E-state index is 0.0710. The molecule has 0 spiro atoms. The maximum Gasteiger partial charge on any atom is 0.231 e. The highest BCUT2D eigenvalue weighted by atomic mass is 79.9. The fourth-order valence-electron chi connectivity index (χ4n) is 3.82. The van der Waals surface area contributed by atoms with E-state index in [1.807, 2.05) is 18.2 Å². The molecule has 6 heteroatoms. The normalized spacial score (nSPS) is 14.2. The third kappa shape index (κ3) is 5.49. The number of nitrogens with one attached hydrogen (secondary N) is 1. The second-order valence-electron chi connectivity index (χ2n) is 7.88. The van der Waals surface area contributed by atoms with Gasteiger partial charge in [-0.25, -0.2) is 0 Å². The third-order valence-electron chi connectivity index (χ3n) is 5.57. The summed E-state index contributed by atoms with van der Waals surface area (Å²) in [6.45, 7) is 6.93. The molecule has 0 aromatic heterocycles. The molecule has 0 saturated carbocycles. The molecule has 5 nitrogen and oxygen atoms in total. The SMILES string of the molecule is CCCC[NH+](CCCC)Cc1c([O-])ccc2c1O/C(=C\c1cc(Br)ccc1OC)C2=O.